The third-order valence-electron chi connectivity index (χ3n) is 3.72. The Morgan fingerprint density at radius 3 is 2.38 bits per heavy atom. The molecule has 0 amide bonds. The zero-order valence-electron chi connectivity index (χ0n) is 13.4. The molecule has 0 heterocycles. The normalized spacial score (nSPS) is 10.5. The van der Waals surface area contributed by atoms with Crippen molar-refractivity contribution in [3.05, 3.63) is 90.2 Å². The molecule has 0 fully saturated rings. The minimum Gasteiger partial charge on any atom is -0.492 e. The molecule has 3 aromatic carbocycles. The second-order valence-electron chi connectivity index (χ2n) is 5.55. The number of hydrogen-bond acceptors (Lipinski definition) is 2. The summed E-state index contributed by atoms with van der Waals surface area (Å²) in [5.41, 5.74) is 3.30. The van der Waals surface area contributed by atoms with E-state index in [0.717, 1.165) is 30.0 Å². The van der Waals surface area contributed by atoms with E-state index in [1.54, 1.807) is 12.1 Å². The molecule has 3 aromatic rings. The molecule has 122 valence electrons. The van der Waals surface area contributed by atoms with Crippen molar-refractivity contribution >= 4 is 0 Å². The quantitative estimate of drug-likeness (QED) is 0.639. The van der Waals surface area contributed by atoms with E-state index < -0.39 is 0 Å². The molecular formula is C21H20FNO. The zero-order chi connectivity index (χ0) is 16.6. The van der Waals surface area contributed by atoms with E-state index in [1.165, 1.54) is 17.7 Å². The van der Waals surface area contributed by atoms with Gasteiger partial charge in [-0.05, 0) is 47.0 Å². The second kappa shape index (κ2) is 8.27. The van der Waals surface area contributed by atoms with Crippen molar-refractivity contribution < 1.29 is 9.13 Å². The fourth-order valence-corrected chi connectivity index (χ4v) is 2.49. The molecule has 24 heavy (non-hydrogen) atoms. The van der Waals surface area contributed by atoms with Crippen LogP contribution in [0.2, 0.25) is 0 Å². The van der Waals surface area contributed by atoms with Crippen LogP contribution in [0, 0.1) is 5.82 Å². The van der Waals surface area contributed by atoms with Crippen molar-refractivity contribution in [1.29, 1.82) is 0 Å². The van der Waals surface area contributed by atoms with Gasteiger partial charge in [-0.1, -0.05) is 48.5 Å². The third-order valence-corrected chi connectivity index (χ3v) is 3.72. The van der Waals surface area contributed by atoms with Crippen LogP contribution in [0.4, 0.5) is 4.39 Å². The highest BCUT2D eigenvalue weighted by molar-refractivity contribution is 5.64. The van der Waals surface area contributed by atoms with Crippen LogP contribution < -0.4 is 10.1 Å². The summed E-state index contributed by atoms with van der Waals surface area (Å²) >= 11 is 0. The maximum absolute atomic E-state index is 13.0. The number of nitrogens with one attached hydrogen (secondary N) is 1. The summed E-state index contributed by atoms with van der Waals surface area (Å²) in [6.45, 7) is 2.17. The van der Waals surface area contributed by atoms with Crippen LogP contribution >= 0.6 is 0 Å². The summed E-state index contributed by atoms with van der Waals surface area (Å²) in [4.78, 5) is 0. The van der Waals surface area contributed by atoms with Crippen molar-refractivity contribution in [1.82, 2.24) is 5.32 Å². The predicted octanol–water partition coefficient (Wildman–Crippen LogP) is 4.66. The lowest BCUT2D eigenvalue weighted by Crippen LogP contribution is -2.20. The second-order valence-corrected chi connectivity index (χ2v) is 5.55. The minimum absolute atomic E-state index is 0.213. The summed E-state index contributed by atoms with van der Waals surface area (Å²) in [7, 11) is 0. The van der Waals surface area contributed by atoms with Gasteiger partial charge in [-0.25, -0.2) is 4.39 Å². The van der Waals surface area contributed by atoms with Gasteiger partial charge in [0.2, 0.25) is 0 Å². The van der Waals surface area contributed by atoms with Crippen molar-refractivity contribution in [2.45, 2.75) is 6.54 Å². The summed E-state index contributed by atoms with van der Waals surface area (Å²) in [5.74, 6) is 0.674. The molecule has 0 spiro atoms. The first-order valence-electron chi connectivity index (χ1n) is 8.05. The van der Waals surface area contributed by atoms with E-state index in [4.69, 9.17) is 4.74 Å². The molecule has 0 aliphatic rings. The molecule has 0 radical (unpaired) electrons. The Bertz CT molecular complexity index is 756. The molecule has 0 aromatic heterocycles. The highest BCUT2D eigenvalue weighted by atomic mass is 19.1. The van der Waals surface area contributed by atoms with Crippen molar-refractivity contribution in [2.24, 2.45) is 0 Å². The molecule has 3 heteroatoms. The van der Waals surface area contributed by atoms with Crippen LogP contribution in [0.3, 0.4) is 0 Å². The van der Waals surface area contributed by atoms with Gasteiger partial charge in [-0.15, -0.1) is 0 Å². The summed E-state index contributed by atoms with van der Waals surface area (Å²) in [6, 6.07) is 24.6. The van der Waals surface area contributed by atoms with E-state index in [2.05, 4.69) is 17.4 Å². The Hall–Kier alpha value is -2.65. The lowest BCUT2D eigenvalue weighted by molar-refractivity contribution is 0.313. The Morgan fingerprint density at radius 2 is 1.58 bits per heavy atom. The number of benzene rings is 3. The maximum Gasteiger partial charge on any atom is 0.123 e. The largest absolute Gasteiger partial charge is 0.492 e. The van der Waals surface area contributed by atoms with Gasteiger partial charge in [0, 0.05) is 13.1 Å². The first kappa shape index (κ1) is 16.2. The smallest absolute Gasteiger partial charge is 0.123 e. The monoisotopic (exact) mass is 321 g/mol. The maximum atomic E-state index is 13.0. The average Bonchev–Trinajstić information content (AvgIpc) is 2.63. The topological polar surface area (TPSA) is 21.3 Å². The number of hydrogen-bond donors (Lipinski definition) is 1. The van der Waals surface area contributed by atoms with Gasteiger partial charge >= 0.3 is 0 Å². The lowest BCUT2D eigenvalue weighted by atomic mass is 10.0. The van der Waals surface area contributed by atoms with Crippen LogP contribution in [0.15, 0.2) is 78.9 Å². The van der Waals surface area contributed by atoms with Crippen molar-refractivity contribution in [3.8, 4) is 16.9 Å². The molecule has 1 N–H and O–H groups in total. The van der Waals surface area contributed by atoms with Gasteiger partial charge in [-0.3, -0.25) is 0 Å². The van der Waals surface area contributed by atoms with Crippen molar-refractivity contribution in [3.63, 3.8) is 0 Å². The summed E-state index contributed by atoms with van der Waals surface area (Å²) in [5, 5.41) is 3.37. The van der Waals surface area contributed by atoms with Gasteiger partial charge < -0.3 is 10.1 Å². The lowest BCUT2D eigenvalue weighted by Gasteiger charge is -2.09. The fraction of sp³-hybridized carbons (Fsp3) is 0.143. The van der Waals surface area contributed by atoms with Crippen LogP contribution in [0.5, 0.6) is 5.75 Å². The average molecular weight is 321 g/mol. The van der Waals surface area contributed by atoms with Crippen LogP contribution in [-0.4, -0.2) is 13.2 Å². The number of rotatable bonds is 7. The molecule has 2 nitrogen and oxygen atoms in total. The fourth-order valence-electron chi connectivity index (χ4n) is 2.49. The van der Waals surface area contributed by atoms with Crippen LogP contribution in [0.1, 0.15) is 5.56 Å². The van der Waals surface area contributed by atoms with E-state index in [0.29, 0.717) is 6.61 Å². The molecule has 3 rings (SSSR count). The summed E-state index contributed by atoms with van der Waals surface area (Å²) < 4.78 is 18.7. The Kier molecular flexibility index (Phi) is 5.59. The molecule has 0 saturated heterocycles. The number of halogens is 1. The molecule has 0 unspecified atom stereocenters. The zero-order valence-corrected chi connectivity index (χ0v) is 13.4. The van der Waals surface area contributed by atoms with E-state index in [9.17, 15) is 4.39 Å². The molecule has 0 atom stereocenters. The number of para-hydroxylation sites is 1. The first-order chi connectivity index (χ1) is 11.8. The Balaban J connectivity index is 1.49. The highest BCUT2D eigenvalue weighted by Crippen LogP contribution is 2.20. The summed E-state index contributed by atoms with van der Waals surface area (Å²) in [6.07, 6.45) is 0. The number of ether oxygens (including phenoxy) is 1. The highest BCUT2D eigenvalue weighted by Gasteiger charge is 2.00. The third kappa shape index (κ3) is 4.67. The van der Waals surface area contributed by atoms with Crippen LogP contribution in [0.25, 0.3) is 11.1 Å². The van der Waals surface area contributed by atoms with E-state index in [-0.39, 0.29) is 5.82 Å². The van der Waals surface area contributed by atoms with Gasteiger partial charge in [0.25, 0.3) is 0 Å². The molecule has 0 aliphatic carbocycles. The van der Waals surface area contributed by atoms with Gasteiger partial charge in [-0.2, -0.15) is 0 Å². The standard InChI is InChI=1S/C21H20FNO/c22-20-11-9-18(10-12-20)19-6-4-5-17(15-19)16-23-13-14-24-21-7-2-1-3-8-21/h1-12,15,23H,13-14,16H2. The SMILES string of the molecule is Fc1ccc(-c2cccc(CNCCOc3ccccc3)c2)cc1. The minimum atomic E-state index is -0.213. The van der Waals surface area contributed by atoms with Gasteiger partial charge in [0.05, 0.1) is 0 Å². The molecule has 0 aliphatic heterocycles. The first-order valence-corrected chi connectivity index (χ1v) is 8.05. The molecule has 0 bridgehead atoms. The van der Waals surface area contributed by atoms with E-state index >= 15 is 0 Å². The van der Waals surface area contributed by atoms with Crippen molar-refractivity contribution in [2.75, 3.05) is 13.2 Å². The predicted molar refractivity (Wildman–Crippen MR) is 95.5 cm³/mol. The van der Waals surface area contributed by atoms with E-state index in [1.807, 2.05) is 42.5 Å². The van der Waals surface area contributed by atoms with Gasteiger partial charge in [0.1, 0.15) is 18.2 Å². The van der Waals surface area contributed by atoms with Crippen LogP contribution in [-0.2, 0) is 6.54 Å². The van der Waals surface area contributed by atoms with Gasteiger partial charge in [0.15, 0.2) is 0 Å². The molecule has 0 saturated carbocycles. The molecular weight excluding hydrogens is 301 g/mol. The Labute approximate surface area is 141 Å². The Morgan fingerprint density at radius 1 is 0.792 bits per heavy atom.